The van der Waals surface area contributed by atoms with E-state index in [4.69, 9.17) is 4.74 Å². The maximum Gasteiger partial charge on any atom is 0.252 e. The van der Waals surface area contributed by atoms with Crippen LogP contribution in [0.3, 0.4) is 0 Å². The van der Waals surface area contributed by atoms with Gasteiger partial charge in [0.25, 0.3) is 5.56 Å². The molecule has 0 amide bonds. The third kappa shape index (κ3) is 3.95. The number of sulfonamides is 1. The van der Waals surface area contributed by atoms with E-state index in [1.165, 1.54) is 10.4 Å². The molecular weight excluding hydrogens is 448 g/mol. The Morgan fingerprint density at radius 1 is 1.22 bits per heavy atom. The van der Waals surface area contributed by atoms with Crippen molar-refractivity contribution in [1.29, 1.82) is 0 Å². The molecule has 1 fully saturated rings. The van der Waals surface area contributed by atoms with Crippen molar-refractivity contribution in [2.45, 2.75) is 37.3 Å². The molecule has 0 unspecified atom stereocenters. The number of hydrogen-bond acceptors (Lipinski definition) is 7. The Morgan fingerprint density at radius 3 is 2.91 bits per heavy atom. The van der Waals surface area contributed by atoms with E-state index in [9.17, 15) is 13.2 Å². The van der Waals surface area contributed by atoms with Crippen molar-refractivity contribution < 1.29 is 13.2 Å². The van der Waals surface area contributed by atoms with Gasteiger partial charge in [-0.3, -0.25) is 4.79 Å². The zero-order valence-electron chi connectivity index (χ0n) is 17.4. The first-order valence-corrected chi connectivity index (χ1v) is 12.5. The minimum absolute atomic E-state index is 0.0602. The van der Waals surface area contributed by atoms with Crippen LogP contribution in [0.25, 0.3) is 21.9 Å². The summed E-state index contributed by atoms with van der Waals surface area (Å²) in [6.07, 6.45) is 1.46. The van der Waals surface area contributed by atoms with E-state index in [1.807, 2.05) is 25.1 Å². The van der Waals surface area contributed by atoms with E-state index in [0.717, 1.165) is 41.0 Å². The molecule has 0 radical (unpaired) electrons. The van der Waals surface area contributed by atoms with E-state index in [0.29, 0.717) is 23.2 Å². The number of fused-ring (bicyclic) bond motifs is 2. The van der Waals surface area contributed by atoms with Gasteiger partial charge in [0.2, 0.25) is 10.0 Å². The van der Waals surface area contributed by atoms with Gasteiger partial charge in [0.05, 0.1) is 17.8 Å². The molecular formula is C22H22N4O4S2. The largest absolute Gasteiger partial charge is 0.377 e. The quantitative estimate of drug-likeness (QED) is 0.464. The topological polar surface area (TPSA) is 105 Å². The van der Waals surface area contributed by atoms with Gasteiger partial charge >= 0.3 is 0 Å². The fourth-order valence-corrected chi connectivity index (χ4v) is 6.26. The second kappa shape index (κ2) is 8.36. The molecule has 3 heterocycles. The number of hydrogen-bond donors (Lipinski definition) is 1. The van der Waals surface area contributed by atoms with E-state index in [-0.39, 0.29) is 29.6 Å². The van der Waals surface area contributed by atoms with Crippen LogP contribution in [0.4, 0.5) is 0 Å². The average molecular weight is 471 g/mol. The summed E-state index contributed by atoms with van der Waals surface area (Å²) < 4.78 is 42.9. The number of aromatic nitrogens is 3. The number of aryl methyl sites for hydroxylation is 1. The van der Waals surface area contributed by atoms with Crippen molar-refractivity contribution in [3.8, 4) is 0 Å². The van der Waals surface area contributed by atoms with Gasteiger partial charge in [0.15, 0.2) is 0 Å². The molecule has 2 aromatic carbocycles. The number of benzene rings is 2. The summed E-state index contributed by atoms with van der Waals surface area (Å²) in [6.45, 7) is 2.67. The molecule has 2 aromatic heterocycles. The van der Waals surface area contributed by atoms with Crippen LogP contribution in [0.1, 0.15) is 24.0 Å². The van der Waals surface area contributed by atoms with Crippen molar-refractivity contribution in [2.75, 3.05) is 13.2 Å². The highest BCUT2D eigenvalue weighted by Crippen LogP contribution is 2.27. The third-order valence-electron chi connectivity index (χ3n) is 5.72. The Bertz CT molecular complexity index is 1460. The highest BCUT2D eigenvalue weighted by atomic mass is 32.2. The van der Waals surface area contributed by atoms with E-state index < -0.39 is 10.0 Å². The average Bonchev–Trinajstić information content (AvgIpc) is 3.45. The maximum atomic E-state index is 13.8. The molecule has 4 aromatic rings. The lowest BCUT2D eigenvalue weighted by molar-refractivity contribution is 0.0925. The molecule has 10 heteroatoms. The molecule has 0 aliphatic carbocycles. The number of nitrogens with zero attached hydrogens (tertiary/aromatic N) is 3. The molecule has 0 bridgehead atoms. The van der Waals surface area contributed by atoms with Crippen LogP contribution in [-0.4, -0.2) is 45.7 Å². The maximum absolute atomic E-state index is 13.8. The second-order valence-electron chi connectivity index (χ2n) is 8.04. The Balaban J connectivity index is 1.57. The Morgan fingerprint density at radius 2 is 2.09 bits per heavy atom. The van der Waals surface area contributed by atoms with Gasteiger partial charge in [-0.05, 0) is 55.0 Å². The molecule has 1 N–H and O–H groups in total. The number of pyridine rings is 1. The summed E-state index contributed by atoms with van der Waals surface area (Å²) in [5.41, 5.74) is 2.72. The number of nitrogens with one attached hydrogen (secondary N) is 1. The highest BCUT2D eigenvalue weighted by molar-refractivity contribution is 7.89. The van der Waals surface area contributed by atoms with Crippen molar-refractivity contribution >= 4 is 43.7 Å². The molecule has 166 valence electrons. The minimum Gasteiger partial charge on any atom is -0.377 e. The molecule has 1 aliphatic heterocycles. The van der Waals surface area contributed by atoms with Gasteiger partial charge in [-0.1, -0.05) is 18.2 Å². The lowest BCUT2D eigenvalue weighted by Crippen LogP contribution is -2.38. The SMILES string of the molecule is Cc1ccc2cc(CN(C[C@@H]3CCCO3)S(=O)(=O)c3cccc4nsnc34)c(=O)[nH]c2c1. The zero-order valence-corrected chi connectivity index (χ0v) is 19.1. The standard InChI is InChI=1S/C22H22N4O4S2/c1-14-7-8-15-11-16(22(27)23-19(15)10-14)12-26(13-17-4-3-9-30-17)32(28,29)20-6-2-5-18-21(20)25-31-24-18/h2,5-8,10-11,17H,3-4,9,12-13H2,1H3,(H,23,27)/t17-/m0/s1. The lowest BCUT2D eigenvalue weighted by atomic mass is 10.1. The molecule has 5 rings (SSSR count). The molecule has 1 saturated heterocycles. The highest BCUT2D eigenvalue weighted by Gasteiger charge is 2.32. The van der Waals surface area contributed by atoms with Crippen LogP contribution in [0, 0.1) is 6.92 Å². The van der Waals surface area contributed by atoms with Gasteiger partial charge in [0, 0.05) is 30.8 Å². The summed E-state index contributed by atoms with van der Waals surface area (Å²) in [7, 11) is -3.96. The molecule has 0 saturated carbocycles. The van der Waals surface area contributed by atoms with E-state index in [1.54, 1.807) is 18.2 Å². The summed E-state index contributed by atoms with van der Waals surface area (Å²) >= 11 is 0.974. The molecule has 1 aliphatic rings. The normalized spacial score (nSPS) is 17.0. The summed E-state index contributed by atoms with van der Waals surface area (Å²) in [5, 5.41) is 0.852. The second-order valence-corrected chi connectivity index (χ2v) is 10.5. The van der Waals surface area contributed by atoms with Gasteiger partial charge < -0.3 is 9.72 Å². The Hall–Kier alpha value is -2.66. The first kappa shape index (κ1) is 21.2. The van der Waals surface area contributed by atoms with Crippen LogP contribution in [-0.2, 0) is 21.3 Å². The Kier molecular flexibility index (Phi) is 5.54. The fraction of sp³-hybridized carbons (Fsp3) is 0.318. The smallest absolute Gasteiger partial charge is 0.252 e. The Labute approximate surface area is 189 Å². The monoisotopic (exact) mass is 470 g/mol. The van der Waals surface area contributed by atoms with Crippen molar-refractivity contribution in [3.63, 3.8) is 0 Å². The lowest BCUT2D eigenvalue weighted by Gasteiger charge is -2.25. The summed E-state index contributed by atoms with van der Waals surface area (Å²) in [6, 6.07) is 12.5. The third-order valence-corrected chi connectivity index (χ3v) is 8.11. The van der Waals surface area contributed by atoms with Gasteiger partial charge in [-0.25, -0.2) is 8.42 Å². The fourth-order valence-electron chi connectivity index (χ4n) is 4.06. The molecule has 0 spiro atoms. The summed E-state index contributed by atoms with van der Waals surface area (Å²) in [4.78, 5) is 15.8. The molecule has 1 atom stereocenters. The van der Waals surface area contributed by atoms with Gasteiger partial charge in [-0.2, -0.15) is 13.1 Å². The minimum atomic E-state index is -3.96. The van der Waals surface area contributed by atoms with Crippen molar-refractivity contribution in [3.05, 3.63) is 63.9 Å². The van der Waals surface area contributed by atoms with E-state index in [2.05, 4.69) is 13.7 Å². The van der Waals surface area contributed by atoms with Crippen LogP contribution in [0.2, 0.25) is 0 Å². The van der Waals surface area contributed by atoms with Crippen LogP contribution in [0.15, 0.2) is 52.2 Å². The predicted octanol–water partition coefficient (Wildman–Crippen LogP) is 3.21. The summed E-state index contributed by atoms with van der Waals surface area (Å²) in [5.74, 6) is 0. The number of aromatic amines is 1. The first-order chi connectivity index (χ1) is 15.4. The number of H-pyrrole nitrogens is 1. The molecule has 32 heavy (non-hydrogen) atoms. The first-order valence-electron chi connectivity index (χ1n) is 10.4. The van der Waals surface area contributed by atoms with E-state index >= 15 is 0 Å². The van der Waals surface area contributed by atoms with Gasteiger partial charge in [0.1, 0.15) is 15.9 Å². The van der Waals surface area contributed by atoms with Crippen LogP contribution >= 0.6 is 11.7 Å². The van der Waals surface area contributed by atoms with Gasteiger partial charge in [-0.15, -0.1) is 0 Å². The van der Waals surface area contributed by atoms with Crippen molar-refractivity contribution in [2.24, 2.45) is 0 Å². The zero-order chi connectivity index (χ0) is 22.3. The van der Waals surface area contributed by atoms with Crippen molar-refractivity contribution in [1.82, 2.24) is 18.0 Å². The van der Waals surface area contributed by atoms with Crippen LogP contribution in [0.5, 0.6) is 0 Å². The predicted molar refractivity (Wildman–Crippen MR) is 123 cm³/mol. The van der Waals surface area contributed by atoms with Crippen LogP contribution < -0.4 is 5.56 Å². The molecule has 8 nitrogen and oxygen atoms in total. The number of rotatable bonds is 6. The number of ether oxygens (including phenoxy) is 1.